The first-order chi connectivity index (χ1) is 5.79. The lowest BCUT2D eigenvalue weighted by molar-refractivity contribution is 0.0824. The van der Waals surface area contributed by atoms with E-state index in [9.17, 15) is 0 Å². The van der Waals surface area contributed by atoms with Gasteiger partial charge in [-0.1, -0.05) is 19.3 Å². The van der Waals surface area contributed by atoms with Gasteiger partial charge in [0, 0.05) is 10.2 Å². The summed E-state index contributed by atoms with van der Waals surface area (Å²) in [5, 5.41) is 0. The van der Waals surface area contributed by atoms with Gasteiger partial charge in [0.05, 0.1) is 0 Å². The van der Waals surface area contributed by atoms with Crippen LogP contribution in [0.25, 0.3) is 0 Å². The largest absolute Gasteiger partial charge is 0.307 e. The number of piperidine rings is 1. The molecule has 1 saturated carbocycles. The van der Waals surface area contributed by atoms with Gasteiger partial charge in [0.25, 0.3) is 0 Å². The zero-order valence-electron chi connectivity index (χ0n) is 8.42. The Morgan fingerprint density at radius 3 is 2.75 bits per heavy atom. The van der Waals surface area contributed by atoms with Crippen molar-refractivity contribution in [2.45, 2.75) is 37.8 Å². The van der Waals surface area contributed by atoms with E-state index in [1.165, 1.54) is 48.9 Å². The molecule has 0 amide bonds. The van der Waals surface area contributed by atoms with Gasteiger partial charge >= 0.3 is 0 Å². The molecule has 0 N–H and O–H groups in total. The highest BCUT2D eigenvalue weighted by Crippen LogP contribution is 2.38. The standard InChI is InChI=1S/C10H21NSi/c1-11-7-6-8-4-2-3-5-9(8)10(11)12/h8-10H,2-7H2,1,12H3. The maximum Gasteiger partial charge on any atom is 0.0248 e. The predicted octanol–water partition coefficient (Wildman–Crippen LogP) is 0.820. The molecular weight excluding hydrogens is 162 g/mol. The van der Waals surface area contributed by atoms with Crippen LogP contribution in [0.2, 0.25) is 0 Å². The van der Waals surface area contributed by atoms with E-state index in [1.807, 2.05) is 0 Å². The Balaban J connectivity index is 2.03. The highest BCUT2D eigenvalue weighted by molar-refractivity contribution is 6.12. The van der Waals surface area contributed by atoms with Crippen LogP contribution in [0.4, 0.5) is 0 Å². The second-order valence-corrected chi connectivity index (χ2v) is 5.90. The molecule has 1 heterocycles. The topological polar surface area (TPSA) is 3.24 Å². The van der Waals surface area contributed by atoms with Crippen molar-refractivity contribution in [3.63, 3.8) is 0 Å². The summed E-state index contributed by atoms with van der Waals surface area (Å²) in [4.78, 5) is 2.61. The first-order valence-electron chi connectivity index (χ1n) is 5.49. The van der Waals surface area contributed by atoms with Crippen LogP contribution in [0.15, 0.2) is 0 Å². The number of hydrogen-bond acceptors (Lipinski definition) is 1. The quantitative estimate of drug-likeness (QED) is 0.503. The van der Waals surface area contributed by atoms with Gasteiger partial charge in [-0.2, -0.15) is 0 Å². The molecule has 2 heteroatoms. The van der Waals surface area contributed by atoms with Gasteiger partial charge in [0.1, 0.15) is 0 Å². The molecule has 2 rings (SSSR count). The van der Waals surface area contributed by atoms with E-state index in [2.05, 4.69) is 11.9 Å². The molecule has 2 aliphatic rings. The van der Waals surface area contributed by atoms with E-state index in [-0.39, 0.29) is 0 Å². The Hall–Kier alpha value is 0.177. The van der Waals surface area contributed by atoms with E-state index in [0.717, 1.165) is 17.5 Å². The Morgan fingerprint density at radius 2 is 1.92 bits per heavy atom. The summed E-state index contributed by atoms with van der Waals surface area (Å²) in [5.74, 6) is 2.20. The minimum absolute atomic E-state index is 0.990. The van der Waals surface area contributed by atoms with Gasteiger partial charge in [0.15, 0.2) is 0 Å². The zero-order chi connectivity index (χ0) is 8.55. The third-order valence-electron chi connectivity index (χ3n) is 4.14. The minimum atomic E-state index is 0.990. The van der Waals surface area contributed by atoms with Crippen molar-refractivity contribution >= 4 is 10.2 Å². The normalized spacial score (nSPS) is 44.2. The third kappa shape index (κ3) is 1.47. The van der Waals surface area contributed by atoms with Crippen molar-refractivity contribution in [3.8, 4) is 0 Å². The van der Waals surface area contributed by atoms with Gasteiger partial charge in [-0.3, -0.25) is 0 Å². The van der Waals surface area contributed by atoms with Crippen LogP contribution in [0.3, 0.4) is 0 Å². The summed E-state index contributed by atoms with van der Waals surface area (Å²) in [7, 11) is 3.70. The summed E-state index contributed by atoms with van der Waals surface area (Å²) < 4.78 is 0. The smallest absolute Gasteiger partial charge is 0.0248 e. The average molecular weight is 183 g/mol. The minimum Gasteiger partial charge on any atom is -0.307 e. The summed E-state index contributed by atoms with van der Waals surface area (Å²) in [6, 6.07) is 0. The van der Waals surface area contributed by atoms with Gasteiger partial charge in [-0.25, -0.2) is 0 Å². The van der Waals surface area contributed by atoms with Crippen LogP contribution < -0.4 is 0 Å². The highest BCUT2D eigenvalue weighted by atomic mass is 28.1. The van der Waals surface area contributed by atoms with Crippen LogP contribution in [-0.2, 0) is 0 Å². The molecule has 0 bridgehead atoms. The first-order valence-corrected chi connectivity index (χ1v) is 6.65. The number of fused-ring (bicyclic) bond motifs is 1. The van der Waals surface area contributed by atoms with Crippen LogP contribution in [-0.4, -0.2) is 34.4 Å². The Kier molecular flexibility index (Phi) is 2.56. The monoisotopic (exact) mass is 183 g/mol. The fraction of sp³-hybridized carbons (Fsp3) is 1.00. The Morgan fingerprint density at radius 1 is 1.17 bits per heavy atom. The Labute approximate surface area is 78.9 Å². The van der Waals surface area contributed by atoms with E-state index in [0.29, 0.717) is 0 Å². The summed E-state index contributed by atoms with van der Waals surface area (Å²) in [6.45, 7) is 1.37. The molecule has 0 aromatic heterocycles. The molecule has 1 saturated heterocycles. The first kappa shape index (κ1) is 8.76. The lowest BCUT2D eigenvalue weighted by Gasteiger charge is -2.45. The van der Waals surface area contributed by atoms with Crippen molar-refractivity contribution < 1.29 is 0 Å². The van der Waals surface area contributed by atoms with Crippen LogP contribution >= 0.6 is 0 Å². The van der Waals surface area contributed by atoms with Gasteiger partial charge in [-0.05, 0) is 43.9 Å². The van der Waals surface area contributed by atoms with Crippen molar-refractivity contribution in [2.75, 3.05) is 13.6 Å². The molecule has 12 heavy (non-hydrogen) atoms. The number of nitrogens with zero attached hydrogens (tertiary/aromatic N) is 1. The molecule has 3 unspecified atom stereocenters. The number of hydrogen-bond donors (Lipinski definition) is 0. The van der Waals surface area contributed by atoms with Crippen molar-refractivity contribution in [3.05, 3.63) is 0 Å². The molecule has 0 aromatic carbocycles. The second-order valence-electron chi connectivity index (χ2n) is 4.72. The zero-order valence-corrected chi connectivity index (χ0v) is 10.4. The van der Waals surface area contributed by atoms with Crippen molar-refractivity contribution in [1.82, 2.24) is 4.90 Å². The molecule has 70 valence electrons. The van der Waals surface area contributed by atoms with E-state index in [1.54, 1.807) is 0 Å². The lowest BCUT2D eigenvalue weighted by atomic mass is 9.75. The molecule has 0 aromatic rings. The fourth-order valence-corrected chi connectivity index (χ4v) is 4.27. The van der Waals surface area contributed by atoms with E-state index >= 15 is 0 Å². The summed E-state index contributed by atoms with van der Waals surface area (Å²) in [5.41, 5.74) is 0.990. The second kappa shape index (κ2) is 3.50. The van der Waals surface area contributed by atoms with Gasteiger partial charge in [-0.15, -0.1) is 0 Å². The van der Waals surface area contributed by atoms with Gasteiger partial charge in [0.2, 0.25) is 0 Å². The summed E-state index contributed by atoms with van der Waals surface area (Å²) in [6.07, 6.45) is 7.58. The molecule has 1 aliphatic heterocycles. The highest BCUT2D eigenvalue weighted by Gasteiger charge is 2.34. The molecule has 1 nitrogen and oxygen atoms in total. The van der Waals surface area contributed by atoms with Crippen LogP contribution in [0.5, 0.6) is 0 Å². The lowest BCUT2D eigenvalue weighted by Crippen LogP contribution is -2.48. The predicted molar refractivity (Wildman–Crippen MR) is 56.4 cm³/mol. The SMILES string of the molecule is CN1CCC2CCCCC2C1[SiH3]. The van der Waals surface area contributed by atoms with E-state index in [4.69, 9.17) is 0 Å². The van der Waals surface area contributed by atoms with Crippen molar-refractivity contribution in [1.29, 1.82) is 0 Å². The molecule has 1 aliphatic carbocycles. The van der Waals surface area contributed by atoms with Crippen LogP contribution in [0.1, 0.15) is 32.1 Å². The Bertz CT molecular complexity index is 158. The number of rotatable bonds is 0. The summed E-state index contributed by atoms with van der Waals surface area (Å²) >= 11 is 0. The van der Waals surface area contributed by atoms with Gasteiger partial charge < -0.3 is 4.90 Å². The molecule has 2 fully saturated rings. The number of likely N-dealkylation sites (tertiary alicyclic amines) is 1. The van der Waals surface area contributed by atoms with Crippen molar-refractivity contribution in [2.24, 2.45) is 11.8 Å². The average Bonchev–Trinajstić information content (AvgIpc) is 2.12. The molecule has 0 spiro atoms. The van der Waals surface area contributed by atoms with Crippen LogP contribution in [0, 0.1) is 11.8 Å². The molecule has 0 radical (unpaired) electrons. The molecule has 3 atom stereocenters. The third-order valence-corrected chi connectivity index (χ3v) is 5.87. The fourth-order valence-electron chi connectivity index (χ4n) is 3.13. The maximum atomic E-state index is 2.61. The van der Waals surface area contributed by atoms with E-state index < -0.39 is 0 Å². The molecular formula is C10H21NSi. The maximum absolute atomic E-state index is 2.61.